The van der Waals surface area contributed by atoms with Crippen LogP contribution in [0.25, 0.3) is 0 Å². The van der Waals surface area contributed by atoms with E-state index in [4.69, 9.17) is 11.0 Å². The first kappa shape index (κ1) is 9.07. The van der Waals surface area contributed by atoms with Crippen LogP contribution in [0.1, 0.15) is 22.8 Å². The van der Waals surface area contributed by atoms with Crippen molar-refractivity contribution in [1.29, 1.82) is 5.26 Å². The summed E-state index contributed by atoms with van der Waals surface area (Å²) in [6.45, 7) is 1.30. The molecule has 0 aliphatic carbocycles. The summed E-state index contributed by atoms with van der Waals surface area (Å²) in [5.74, 6) is -0.576. The number of phenolic OH excluding ortho intramolecular Hbond substituents is 1. The van der Waals surface area contributed by atoms with Gasteiger partial charge in [-0.15, -0.1) is 0 Å². The Hall–Kier alpha value is -2.02. The smallest absolute Gasteiger partial charge is 0.163 e. The number of nitrogen functional groups attached to an aromatic ring is 1. The van der Waals surface area contributed by atoms with Gasteiger partial charge in [0.15, 0.2) is 5.78 Å². The number of ketones is 1. The van der Waals surface area contributed by atoms with Gasteiger partial charge in [0.1, 0.15) is 5.75 Å². The van der Waals surface area contributed by atoms with Gasteiger partial charge in [0.25, 0.3) is 0 Å². The molecule has 4 nitrogen and oxygen atoms in total. The highest BCUT2D eigenvalue weighted by atomic mass is 16.3. The molecule has 1 aromatic rings. The zero-order valence-corrected chi connectivity index (χ0v) is 7.03. The van der Waals surface area contributed by atoms with Gasteiger partial charge >= 0.3 is 0 Å². The van der Waals surface area contributed by atoms with E-state index in [0.717, 1.165) is 0 Å². The molecule has 0 saturated heterocycles. The number of phenols is 1. The highest BCUT2D eigenvalue weighted by Gasteiger charge is 2.10. The number of aromatic hydroxyl groups is 1. The number of anilines is 1. The van der Waals surface area contributed by atoms with Gasteiger partial charge in [-0.2, -0.15) is 5.26 Å². The SMILES string of the molecule is CC(=O)c1cc(C#N)cc(N)c1O. The van der Waals surface area contributed by atoms with Crippen molar-refractivity contribution in [2.24, 2.45) is 0 Å². The van der Waals surface area contributed by atoms with Crippen LogP contribution in [0.15, 0.2) is 12.1 Å². The van der Waals surface area contributed by atoms with Crippen LogP contribution in [0.4, 0.5) is 5.69 Å². The number of benzene rings is 1. The van der Waals surface area contributed by atoms with E-state index < -0.39 is 0 Å². The van der Waals surface area contributed by atoms with E-state index in [2.05, 4.69) is 0 Å². The number of Topliss-reactive ketones (excluding diaryl/α,β-unsaturated/α-hetero) is 1. The Kier molecular flexibility index (Phi) is 2.20. The molecule has 13 heavy (non-hydrogen) atoms. The summed E-state index contributed by atoms with van der Waals surface area (Å²) in [5.41, 5.74) is 5.77. The van der Waals surface area contributed by atoms with Crippen LogP contribution in [-0.2, 0) is 0 Å². The topological polar surface area (TPSA) is 87.1 Å². The van der Waals surface area contributed by atoms with Crippen molar-refractivity contribution in [1.82, 2.24) is 0 Å². The van der Waals surface area contributed by atoms with Gasteiger partial charge in [-0.05, 0) is 19.1 Å². The number of rotatable bonds is 1. The van der Waals surface area contributed by atoms with Crippen molar-refractivity contribution in [2.75, 3.05) is 5.73 Å². The standard InChI is InChI=1S/C9H8N2O2/c1-5(12)7-2-6(4-10)3-8(11)9(7)13/h2-3,13H,11H2,1H3. The fraction of sp³-hybridized carbons (Fsp3) is 0.111. The monoisotopic (exact) mass is 176 g/mol. The van der Waals surface area contributed by atoms with Gasteiger partial charge in [0.2, 0.25) is 0 Å². The molecule has 0 heterocycles. The van der Waals surface area contributed by atoms with Crippen LogP contribution in [-0.4, -0.2) is 10.9 Å². The molecular formula is C9H8N2O2. The normalized spacial score (nSPS) is 9.23. The van der Waals surface area contributed by atoms with Crippen LogP contribution >= 0.6 is 0 Å². The van der Waals surface area contributed by atoms with E-state index in [1.54, 1.807) is 0 Å². The first-order chi connectivity index (χ1) is 6.06. The molecule has 0 saturated carbocycles. The summed E-state index contributed by atoms with van der Waals surface area (Å²) >= 11 is 0. The number of nitriles is 1. The zero-order chi connectivity index (χ0) is 10.0. The number of hydrogen-bond acceptors (Lipinski definition) is 4. The van der Waals surface area contributed by atoms with Gasteiger partial charge in [-0.25, -0.2) is 0 Å². The summed E-state index contributed by atoms with van der Waals surface area (Å²) < 4.78 is 0. The Bertz CT molecular complexity index is 405. The number of nitrogens with two attached hydrogens (primary N) is 1. The minimum Gasteiger partial charge on any atom is -0.505 e. The summed E-state index contributed by atoms with van der Waals surface area (Å²) in [7, 11) is 0. The molecule has 0 unspecified atom stereocenters. The first-order valence-electron chi connectivity index (χ1n) is 3.59. The van der Waals surface area contributed by atoms with E-state index >= 15 is 0 Å². The lowest BCUT2D eigenvalue weighted by molar-refractivity contribution is 0.101. The summed E-state index contributed by atoms with van der Waals surface area (Å²) in [6, 6.07) is 4.48. The quantitative estimate of drug-likeness (QED) is 0.380. The van der Waals surface area contributed by atoms with Gasteiger partial charge in [-0.3, -0.25) is 4.79 Å². The van der Waals surface area contributed by atoms with Gasteiger partial charge in [-0.1, -0.05) is 0 Å². The van der Waals surface area contributed by atoms with Crippen molar-refractivity contribution >= 4 is 11.5 Å². The number of hydrogen-bond donors (Lipinski definition) is 2. The second-order valence-electron chi connectivity index (χ2n) is 2.63. The Labute approximate surface area is 75.2 Å². The van der Waals surface area contributed by atoms with Crippen LogP contribution in [0, 0.1) is 11.3 Å². The number of nitrogens with zero attached hydrogens (tertiary/aromatic N) is 1. The highest BCUT2D eigenvalue weighted by Crippen LogP contribution is 2.26. The molecule has 0 spiro atoms. The molecule has 4 heteroatoms. The maximum Gasteiger partial charge on any atom is 0.163 e. The van der Waals surface area contributed by atoms with Crippen molar-refractivity contribution in [3.8, 4) is 11.8 Å². The molecule has 0 bridgehead atoms. The van der Waals surface area contributed by atoms with Gasteiger partial charge < -0.3 is 10.8 Å². The van der Waals surface area contributed by atoms with Crippen LogP contribution in [0.5, 0.6) is 5.75 Å². The van der Waals surface area contributed by atoms with Crippen molar-refractivity contribution < 1.29 is 9.90 Å². The summed E-state index contributed by atoms with van der Waals surface area (Å²) in [4.78, 5) is 11.0. The number of carbonyl (C=O) groups is 1. The highest BCUT2D eigenvalue weighted by molar-refractivity contribution is 5.98. The fourth-order valence-corrected chi connectivity index (χ4v) is 0.990. The van der Waals surface area contributed by atoms with Crippen LogP contribution in [0.2, 0.25) is 0 Å². The Morgan fingerprint density at radius 1 is 1.62 bits per heavy atom. The van der Waals surface area contributed by atoms with E-state index in [1.807, 2.05) is 6.07 Å². The lowest BCUT2D eigenvalue weighted by Crippen LogP contribution is -1.97. The van der Waals surface area contributed by atoms with E-state index in [0.29, 0.717) is 0 Å². The predicted octanol–water partition coefficient (Wildman–Crippen LogP) is 1.05. The van der Waals surface area contributed by atoms with Crippen molar-refractivity contribution in [3.05, 3.63) is 23.3 Å². The molecule has 0 aliphatic rings. The number of carbonyl (C=O) groups excluding carboxylic acids is 1. The largest absolute Gasteiger partial charge is 0.505 e. The van der Waals surface area contributed by atoms with E-state index in [9.17, 15) is 9.90 Å². The molecule has 1 rings (SSSR count). The zero-order valence-electron chi connectivity index (χ0n) is 7.03. The fourth-order valence-electron chi connectivity index (χ4n) is 0.990. The third-order valence-corrected chi connectivity index (χ3v) is 1.65. The maximum absolute atomic E-state index is 11.0. The minimum atomic E-state index is -0.318. The summed E-state index contributed by atoms with van der Waals surface area (Å²) in [5, 5.41) is 17.9. The molecular weight excluding hydrogens is 168 g/mol. The minimum absolute atomic E-state index is 0.0456. The van der Waals surface area contributed by atoms with Crippen molar-refractivity contribution in [3.63, 3.8) is 0 Å². The third-order valence-electron chi connectivity index (χ3n) is 1.65. The van der Waals surface area contributed by atoms with Crippen LogP contribution < -0.4 is 5.73 Å². The molecule has 66 valence electrons. The summed E-state index contributed by atoms with van der Waals surface area (Å²) in [6.07, 6.45) is 0. The first-order valence-corrected chi connectivity index (χ1v) is 3.59. The molecule has 1 aromatic carbocycles. The Morgan fingerprint density at radius 3 is 2.69 bits per heavy atom. The molecule has 0 amide bonds. The van der Waals surface area contributed by atoms with Crippen molar-refractivity contribution in [2.45, 2.75) is 6.92 Å². The van der Waals surface area contributed by atoms with E-state index in [-0.39, 0.29) is 28.3 Å². The van der Waals surface area contributed by atoms with Gasteiger partial charge in [0.05, 0.1) is 22.9 Å². The van der Waals surface area contributed by atoms with Gasteiger partial charge in [0, 0.05) is 0 Å². The maximum atomic E-state index is 11.0. The average Bonchev–Trinajstić information content (AvgIpc) is 2.09. The average molecular weight is 176 g/mol. The molecule has 0 atom stereocenters. The second kappa shape index (κ2) is 3.15. The second-order valence-corrected chi connectivity index (χ2v) is 2.63. The lowest BCUT2D eigenvalue weighted by atomic mass is 10.1. The molecule has 3 N–H and O–H groups in total. The third kappa shape index (κ3) is 1.59. The lowest BCUT2D eigenvalue weighted by Gasteiger charge is -2.03. The molecule has 0 radical (unpaired) electrons. The molecule has 0 fully saturated rings. The van der Waals surface area contributed by atoms with Crippen LogP contribution in [0.3, 0.4) is 0 Å². The predicted molar refractivity (Wildman–Crippen MR) is 47.2 cm³/mol. The Morgan fingerprint density at radius 2 is 2.23 bits per heavy atom. The van der Waals surface area contributed by atoms with E-state index in [1.165, 1.54) is 19.1 Å². The Balaban J connectivity index is 3.44. The molecule has 0 aromatic heterocycles. The molecule has 0 aliphatic heterocycles.